The summed E-state index contributed by atoms with van der Waals surface area (Å²) in [5, 5.41) is 9.29. The zero-order valence-electron chi connectivity index (χ0n) is 9.41. The van der Waals surface area contributed by atoms with E-state index in [2.05, 4.69) is 13.8 Å². The van der Waals surface area contributed by atoms with Crippen LogP contribution >= 0.6 is 0 Å². The van der Waals surface area contributed by atoms with E-state index in [0.717, 1.165) is 18.4 Å². The zero-order chi connectivity index (χ0) is 11.3. The molecule has 2 unspecified atom stereocenters. The molecule has 0 aliphatic carbocycles. The Bertz CT molecular complexity index is 298. The summed E-state index contributed by atoms with van der Waals surface area (Å²) in [5.74, 6) is 0.399. The van der Waals surface area contributed by atoms with E-state index in [-0.39, 0.29) is 18.3 Å². The molecular weight excluding hydrogens is 191 g/mol. The topological polar surface area (TPSA) is 20.2 Å². The lowest BCUT2D eigenvalue weighted by Crippen LogP contribution is -2.09. The van der Waals surface area contributed by atoms with Crippen molar-refractivity contribution in [3.05, 3.63) is 35.6 Å². The first-order valence-electron chi connectivity index (χ1n) is 5.53. The first-order valence-corrected chi connectivity index (χ1v) is 5.53. The van der Waals surface area contributed by atoms with E-state index in [9.17, 15) is 9.50 Å². The van der Waals surface area contributed by atoms with E-state index in [4.69, 9.17) is 0 Å². The SMILES string of the molecule is CCC(C)CC(CO)c1cccc(F)c1. The Morgan fingerprint density at radius 3 is 2.67 bits per heavy atom. The van der Waals surface area contributed by atoms with Crippen molar-refractivity contribution in [2.75, 3.05) is 6.61 Å². The summed E-state index contributed by atoms with van der Waals surface area (Å²) in [7, 11) is 0. The number of hydrogen-bond acceptors (Lipinski definition) is 1. The molecule has 0 saturated carbocycles. The fourth-order valence-electron chi connectivity index (χ4n) is 1.73. The van der Waals surface area contributed by atoms with Crippen molar-refractivity contribution >= 4 is 0 Å². The van der Waals surface area contributed by atoms with Gasteiger partial charge in [0.2, 0.25) is 0 Å². The van der Waals surface area contributed by atoms with Crippen molar-refractivity contribution in [2.45, 2.75) is 32.6 Å². The number of aliphatic hydroxyl groups is 1. The lowest BCUT2D eigenvalue weighted by molar-refractivity contribution is 0.245. The maximum Gasteiger partial charge on any atom is 0.123 e. The fraction of sp³-hybridized carbons (Fsp3) is 0.538. The molecule has 1 N–H and O–H groups in total. The minimum absolute atomic E-state index is 0.0654. The molecule has 0 saturated heterocycles. The summed E-state index contributed by atoms with van der Waals surface area (Å²) in [6, 6.07) is 6.53. The van der Waals surface area contributed by atoms with Crippen molar-refractivity contribution < 1.29 is 9.50 Å². The first kappa shape index (κ1) is 12.2. The average molecular weight is 210 g/mol. The number of rotatable bonds is 5. The Hall–Kier alpha value is -0.890. The number of benzene rings is 1. The van der Waals surface area contributed by atoms with E-state index < -0.39 is 0 Å². The molecule has 0 heterocycles. The van der Waals surface area contributed by atoms with E-state index in [1.165, 1.54) is 12.1 Å². The summed E-state index contributed by atoms with van der Waals surface area (Å²) in [6.07, 6.45) is 2.00. The van der Waals surface area contributed by atoms with E-state index in [0.29, 0.717) is 5.92 Å². The Morgan fingerprint density at radius 2 is 2.13 bits per heavy atom. The molecular formula is C13H19FO. The highest BCUT2D eigenvalue weighted by atomic mass is 19.1. The van der Waals surface area contributed by atoms with E-state index >= 15 is 0 Å². The van der Waals surface area contributed by atoms with Gasteiger partial charge in [0, 0.05) is 12.5 Å². The van der Waals surface area contributed by atoms with Gasteiger partial charge in [0.15, 0.2) is 0 Å². The van der Waals surface area contributed by atoms with Gasteiger partial charge in [0.05, 0.1) is 0 Å². The normalized spacial score (nSPS) is 14.9. The standard InChI is InChI=1S/C13H19FO/c1-3-10(2)7-12(9-15)11-5-4-6-13(14)8-11/h4-6,8,10,12,15H,3,7,9H2,1-2H3. The lowest BCUT2D eigenvalue weighted by atomic mass is 9.89. The minimum Gasteiger partial charge on any atom is -0.396 e. The summed E-state index contributed by atoms with van der Waals surface area (Å²) in [5.41, 5.74) is 0.901. The summed E-state index contributed by atoms with van der Waals surface area (Å²) in [4.78, 5) is 0. The largest absolute Gasteiger partial charge is 0.396 e. The van der Waals surface area contributed by atoms with Crippen LogP contribution in [0.2, 0.25) is 0 Å². The Morgan fingerprint density at radius 1 is 1.40 bits per heavy atom. The molecule has 0 radical (unpaired) electrons. The van der Waals surface area contributed by atoms with Gasteiger partial charge in [-0.15, -0.1) is 0 Å². The quantitative estimate of drug-likeness (QED) is 0.790. The highest BCUT2D eigenvalue weighted by Gasteiger charge is 2.13. The van der Waals surface area contributed by atoms with Gasteiger partial charge in [-0.1, -0.05) is 32.4 Å². The maximum atomic E-state index is 13.0. The first-order chi connectivity index (χ1) is 7.17. The van der Waals surface area contributed by atoms with Crippen molar-refractivity contribution in [3.63, 3.8) is 0 Å². The second-order valence-electron chi connectivity index (χ2n) is 4.18. The minimum atomic E-state index is -0.227. The van der Waals surface area contributed by atoms with Gasteiger partial charge in [0.1, 0.15) is 5.82 Å². The van der Waals surface area contributed by atoms with E-state index in [1.807, 2.05) is 6.07 Å². The highest BCUT2D eigenvalue weighted by Crippen LogP contribution is 2.25. The maximum absolute atomic E-state index is 13.0. The van der Waals surface area contributed by atoms with Crippen LogP contribution in [-0.2, 0) is 0 Å². The van der Waals surface area contributed by atoms with Crippen molar-refractivity contribution in [1.82, 2.24) is 0 Å². The predicted molar refractivity (Wildman–Crippen MR) is 60.3 cm³/mol. The van der Waals surface area contributed by atoms with Crippen LogP contribution < -0.4 is 0 Å². The van der Waals surface area contributed by atoms with Gasteiger partial charge in [-0.3, -0.25) is 0 Å². The summed E-state index contributed by atoms with van der Waals surface area (Å²) < 4.78 is 13.0. The number of aliphatic hydroxyl groups excluding tert-OH is 1. The third kappa shape index (κ3) is 3.63. The van der Waals surface area contributed by atoms with Crippen molar-refractivity contribution in [3.8, 4) is 0 Å². The molecule has 84 valence electrons. The van der Waals surface area contributed by atoms with Gasteiger partial charge in [-0.05, 0) is 30.0 Å². The molecule has 0 aliphatic rings. The van der Waals surface area contributed by atoms with Gasteiger partial charge < -0.3 is 5.11 Å². The molecule has 2 atom stereocenters. The Balaban J connectivity index is 2.73. The smallest absolute Gasteiger partial charge is 0.123 e. The fourth-order valence-corrected chi connectivity index (χ4v) is 1.73. The van der Waals surface area contributed by atoms with Crippen LogP contribution in [0.15, 0.2) is 24.3 Å². The zero-order valence-corrected chi connectivity index (χ0v) is 9.41. The average Bonchev–Trinajstić information content (AvgIpc) is 2.25. The Kier molecular flexibility index (Phi) is 4.76. The molecule has 0 aromatic heterocycles. The second-order valence-corrected chi connectivity index (χ2v) is 4.18. The van der Waals surface area contributed by atoms with Crippen LogP contribution in [0.25, 0.3) is 0 Å². The molecule has 0 spiro atoms. The van der Waals surface area contributed by atoms with Gasteiger partial charge in [-0.2, -0.15) is 0 Å². The third-order valence-electron chi connectivity index (χ3n) is 2.92. The van der Waals surface area contributed by atoms with Crippen LogP contribution in [0.3, 0.4) is 0 Å². The van der Waals surface area contributed by atoms with Crippen LogP contribution in [0.1, 0.15) is 38.2 Å². The predicted octanol–water partition coefficient (Wildman–Crippen LogP) is 3.34. The molecule has 15 heavy (non-hydrogen) atoms. The van der Waals surface area contributed by atoms with Gasteiger partial charge >= 0.3 is 0 Å². The van der Waals surface area contributed by atoms with Crippen molar-refractivity contribution in [2.24, 2.45) is 5.92 Å². The van der Waals surface area contributed by atoms with Crippen molar-refractivity contribution in [1.29, 1.82) is 0 Å². The molecule has 0 aliphatic heterocycles. The second kappa shape index (κ2) is 5.86. The number of hydrogen-bond donors (Lipinski definition) is 1. The molecule has 1 aromatic carbocycles. The Labute approximate surface area is 90.9 Å². The highest BCUT2D eigenvalue weighted by molar-refractivity contribution is 5.20. The van der Waals surface area contributed by atoms with Gasteiger partial charge in [0.25, 0.3) is 0 Å². The molecule has 0 fully saturated rings. The van der Waals surface area contributed by atoms with Crippen LogP contribution in [0, 0.1) is 11.7 Å². The summed E-state index contributed by atoms with van der Waals surface area (Å²) in [6.45, 7) is 4.38. The van der Waals surface area contributed by atoms with Crippen LogP contribution in [-0.4, -0.2) is 11.7 Å². The molecule has 0 bridgehead atoms. The molecule has 2 heteroatoms. The summed E-state index contributed by atoms with van der Waals surface area (Å²) >= 11 is 0. The van der Waals surface area contributed by atoms with Gasteiger partial charge in [-0.25, -0.2) is 4.39 Å². The molecule has 1 aromatic rings. The van der Waals surface area contributed by atoms with Crippen LogP contribution in [0.5, 0.6) is 0 Å². The number of halogens is 1. The third-order valence-corrected chi connectivity index (χ3v) is 2.92. The molecule has 1 rings (SSSR count). The monoisotopic (exact) mass is 210 g/mol. The lowest BCUT2D eigenvalue weighted by Gasteiger charge is -2.18. The molecule has 0 amide bonds. The molecule has 1 nitrogen and oxygen atoms in total. The van der Waals surface area contributed by atoms with Crippen LogP contribution in [0.4, 0.5) is 4.39 Å². The van der Waals surface area contributed by atoms with E-state index in [1.54, 1.807) is 6.07 Å².